The number of rotatable bonds is 3. The minimum atomic E-state index is 0.328. The topological polar surface area (TPSA) is 49.9 Å². The van der Waals surface area contributed by atoms with Gasteiger partial charge >= 0.3 is 0 Å². The Labute approximate surface area is 93.7 Å². The fourth-order valence-electron chi connectivity index (χ4n) is 1.65. The van der Waals surface area contributed by atoms with E-state index in [0.29, 0.717) is 6.10 Å². The second-order valence-corrected chi connectivity index (χ2v) is 3.86. The summed E-state index contributed by atoms with van der Waals surface area (Å²) in [5.74, 6) is 1.80. The lowest BCUT2D eigenvalue weighted by Gasteiger charge is -2.27. The molecule has 0 radical (unpaired) electrons. The molecule has 0 spiro atoms. The Morgan fingerprint density at radius 3 is 2.56 bits per heavy atom. The Balaban J connectivity index is 1.74. The van der Waals surface area contributed by atoms with Gasteiger partial charge < -0.3 is 15.0 Å². The van der Waals surface area contributed by atoms with E-state index in [2.05, 4.69) is 15.3 Å². The Morgan fingerprint density at radius 2 is 2.00 bits per heavy atom. The normalized spacial score (nSPS) is 15.8. The van der Waals surface area contributed by atoms with Crippen LogP contribution in [0.15, 0.2) is 36.7 Å². The molecule has 1 aromatic heterocycles. The van der Waals surface area contributed by atoms with Crippen molar-refractivity contribution < 1.29 is 4.74 Å². The lowest BCUT2D eigenvalue weighted by molar-refractivity contribution is 0.142. The van der Waals surface area contributed by atoms with Crippen molar-refractivity contribution in [1.82, 2.24) is 15.3 Å². The second-order valence-electron chi connectivity index (χ2n) is 3.86. The number of aromatic amines is 1. The SMILES string of the molecule is c1c[nH]c(-c2ccc(OC3CNC3)cc2)n1. The predicted molar refractivity (Wildman–Crippen MR) is 61.3 cm³/mol. The van der Waals surface area contributed by atoms with Crippen molar-refractivity contribution >= 4 is 0 Å². The molecule has 16 heavy (non-hydrogen) atoms. The van der Waals surface area contributed by atoms with Crippen LogP contribution in [0.5, 0.6) is 5.75 Å². The average Bonchev–Trinajstić information content (AvgIpc) is 2.78. The third-order valence-corrected chi connectivity index (χ3v) is 2.67. The molecule has 0 aliphatic carbocycles. The first-order valence-corrected chi connectivity index (χ1v) is 5.39. The molecule has 1 aliphatic rings. The van der Waals surface area contributed by atoms with Crippen molar-refractivity contribution in [3.63, 3.8) is 0 Å². The van der Waals surface area contributed by atoms with Crippen LogP contribution in [0.3, 0.4) is 0 Å². The van der Waals surface area contributed by atoms with Gasteiger partial charge in [-0.15, -0.1) is 0 Å². The molecule has 4 heteroatoms. The van der Waals surface area contributed by atoms with Crippen molar-refractivity contribution in [2.24, 2.45) is 0 Å². The molecule has 2 heterocycles. The molecule has 0 unspecified atom stereocenters. The number of hydrogen-bond acceptors (Lipinski definition) is 3. The smallest absolute Gasteiger partial charge is 0.137 e. The molecule has 0 atom stereocenters. The van der Waals surface area contributed by atoms with Crippen molar-refractivity contribution in [2.75, 3.05) is 13.1 Å². The first-order chi connectivity index (χ1) is 7.92. The number of aromatic nitrogens is 2. The second kappa shape index (κ2) is 3.98. The Bertz CT molecular complexity index is 446. The summed E-state index contributed by atoms with van der Waals surface area (Å²) in [5.41, 5.74) is 1.07. The summed E-state index contributed by atoms with van der Waals surface area (Å²) in [6.07, 6.45) is 3.90. The van der Waals surface area contributed by atoms with Gasteiger partial charge in [0, 0.05) is 31.0 Å². The standard InChI is InChI=1S/C12H13N3O/c1-3-10(16-11-7-13-8-11)4-2-9(1)12-14-5-6-15-12/h1-6,11,13H,7-8H2,(H,14,15). The van der Waals surface area contributed by atoms with E-state index < -0.39 is 0 Å². The van der Waals surface area contributed by atoms with E-state index >= 15 is 0 Å². The number of H-pyrrole nitrogens is 1. The summed E-state index contributed by atoms with van der Waals surface area (Å²) in [4.78, 5) is 7.27. The fraction of sp³-hybridized carbons (Fsp3) is 0.250. The molecule has 1 saturated heterocycles. The molecule has 1 fully saturated rings. The maximum atomic E-state index is 5.73. The summed E-state index contributed by atoms with van der Waals surface area (Å²) < 4.78 is 5.73. The first-order valence-electron chi connectivity index (χ1n) is 5.39. The van der Waals surface area contributed by atoms with Gasteiger partial charge in [0.15, 0.2) is 0 Å². The Kier molecular flexibility index (Phi) is 2.34. The van der Waals surface area contributed by atoms with Crippen LogP contribution in [0.1, 0.15) is 0 Å². The molecule has 1 aromatic carbocycles. The van der Waals surface area contributed by atoms with Crippen LogP contribution in [-0.4, -0.2) is 29.2 Å². The number of hydrogen-bond donors (Lipinski definition) is 2. The van der Waals surface area contributed by atoms with Crippen molar-refractivity contribution in [3.05, 3.63) is 36.7 Å². The highest BCUT2D eigenvalue weighted by Gasteiger charge is 2.17. The Hall–Kier alpha value is -1.81. The lowest BCUT2D eigenvalue weighted by Crippen LogP contribution is -2.50. The van der Waals surface area contributed by atoms with E-state index in [1.807, 2.05) is 30.5 Å². The highest BCUT2D eigenvalue weighted by atomic mass is 16.5. The number of ether oxygens (including phenoxy) is 1. The summed E-state index contributed by atoms with van der Waals surface area (Å²) in [7, 11) is 0. The molecule has 3 rings (SSSR count). The van der Waals surface area contributed by atoms with Crippen LogP contribution in [0.4, 0.5) is 0 Å². The third-order valence-electron chi connectivity index (χ3n) is 2.67. The van der Waals surface area contributed by atoms with Crippen LogP contribution in [0, 0.1) is 0 Å². The van der Waals surface area contributed by atoms with E-state index in [4.69, 9.17) is 4.74 Å². The largest absolute Gasteiger partial charge is 0.488 e. The van der Waals surface area contributed by atoms with E-state index in [0.717, 1.165) is 30.2 Å². The first kappa shape index (κ1) is 9.42. The molecule has 4 nitrogen and oxygen atoms in total. The molecule has 2 aromatic rings. The van der Waals surface area contributed by atoms with Crippen LogP contribution in [0.25, 0.3) is 11.4 Å². The van der Waals surface area contributed by atoms with E-state index in [1.165, 1.54) is 0 Å². The van der Waals surface area contributed by atoms with E-state index in [9.17, 15) is 0 Å². The zero-order valence-corrected chi connectivity index (χ0v) is 8.81. The summed E-state index contributed by atoms with van der Waals surface area (Å²) in [5, 5.41) is 3.18. The molecule has 82 valence electrons. The van der Waals surface area contributed by atoms with Crippen molar-refractivity contribution in [1.29, 1.82) is 0 Å². The van der Waals surface area contributed by atoms with Gasteiger partial charge in [-0.3, -0.25) is 0 Å². The van der Waals surface area contributed by atoms with Crippen LogP contribution in [-0.2, 0) is 0 Å². The molecule has 0 bridgehead atoms. The molecule has 2 N–H and O–H groups in total. The van der Waals surface area contributed by atoms with E-state index in [-0.39, 0.29) is 0 Å². The maximum Gasteiger partial charge on any atom is 0.137 e. The van der Waals surface area contributed by atoms with Gasteiger partial charge in [0.2, 0.25) is 0 Å². The van der Waals surface area contributed by atoms with Crippen molar-refractivity contribution in [2.45, 2.75) is 6.10 Å². The van der Waals surface area contributed by atoms with E-state index in [1.54, 1.807) is 6.20 Å². The zero-order valence-electron chi connectivity index (χ0n) is 8.81. The molecule has 0 saturated carbocycles. The maximum absolute atomic E-state index is 5.73. The highest BCUT2D eigenvalue weighted by Crippen LogP contribution is 2.20. The molecular formula is C12H13N3O. The summed E-state index contributed by atoms with van der Waals surface area (Å²) >= 11 is 0. The number of nitrogens with one attached hydrogen (secondary N) is 2. The monoisotopic (exact) mass is 215 g/mol. The average molecular weight is 215 g/mol. The zero-order chi connectivity index (χ0) is 10.8. The minimum absolute atomic E-state index is 0.328. The summed E-state index contributed by atoms with van der Waals surface area (Å²) in [6, 6.07) is 7.99. The van der Waals surface area contributed by atoms with Gasteiger partial charge in [-0.25, -0.2) is 4.98 Å². The molecule has 1 aliphatic heterocycles. The quantitative estimate of drug-likeness (QED) is 0.814. The van der Waals surface area contributed by atoms with Gasteiger partial charge in [0.05, 0.1) is 0 Å². The number of nitrogens with zero attached hydrogens (tertiary/aromatic N) is 1. The Morgan fingerprint density at radius 1 is 1.19 bits per heavy atom. The molecular weight excluding hydrogens is 202 g/mol. The predicted octanol–water partition coefficient (Wildman–Crippen LogP) is 1.43. The number of benzene rings is 1. The van der Waals surface area contributed by atoms with Crippen LogP contribution < -0.4 is 10.1 Å². The van der Waals surface area contributed by atoms with Gasteiger partial charge in [0.25, 0.3) is 0 Å². The third kappa shape index (κ3) is 1.79. The van der Waals surface area contributed by atoms with Gasteiger partial charge in [-0.05, 0) is 24.3 Å². The van der Waals surface area contributed by atoms with Crippen molar-refractivity contribution in [3.8, 4) is 17.1 Å². The number of imidazole rings is 1. The van der Waals surface area contributed by atoms with Gasteiger partial charge in [0.1, 0.15) is 17.7 Å². The molecule has 0 amide bonds. The van der Waals surface area contributed by atoms with Crippen LogP contribution in [0.2, 0.25) is 0 Å². The fourth-order valence-corrected chi connectivity index (χ4v) is 1.65. The highest BCUT2D eigenvalue weighted by molar-refractivity contribution is 5.55. The lowest BCUT2D eigenvalue weighted by atomic mass is 10.2. The van der Waals surface area contributed by atoms with Gasteiger partial charge in [-0.2, -0.15) is 0 Å². The van der Waals surface area contributed by atoms with Gasteiger partial charge in [-0.1, -0.05) is 0 Å². The minimum Gasteiger partial charge on any atom is -0.488 e. The van der Waals surface area contributed by atoms with Crippen LogP contribution >= 0.6 is 0 Å². The summed E-state index contributed by atoms with van der Waals surface area (Å²) in [6.45, 7) is 1.89.